The molecule has 4 nitrogen and oxygen atoms in total. The third kappa shape index (κ3) is 3.83. The molecular weight excluding hydrogens is 300 g/mol. The lowest BCUT2D eigenvalue weighted by atomic mass is 9.96. The van der Waals surface area contributed by atoms with Crippen molar-refractivity contribution in [2.45, 2.75) is 0 Å². The van der Waals surface area contributed by atoms with E-state index in [0.717, 1.165) is 48.6 Å². The van der Waals surface area contributed by atoms with Crippen molar-refractivity contribution in [2.24, 2.45) is 0 Å². The number of carbonyl (C=O) groups is 1. The average Bonchev–Trinajstić information content (AvgIpc) is 2.63. The monoisotopic (exact) mass is 324 g/mol. The highest BCUT2D eigenvalue weighted by atomic mass is 16.5. The Balaban J connectivity index is 1.79. The predicted octanol–water partition coefficient (Wildman–Crippen LogP) is 2.79. The zero-order valence-corrected chi connectivity index (χ0v) is 14.4. The molecule has 0 atom stereocenters. The van der Waals surface area contributed by atoms with Crippen molar-refractivity contribution in [2.75, 3.05) is 46.9 Å². The largest absolute Gasteiger partial charge is 0.497 e. The van der Waals surface area contributed by atoms with Gasteiger partial charge in [0, 0.05) is 31.7 Å². The molecule has 0 aliphatic carbocycles. The van der Waals surface area contributed by atoms with E-state index in [1.54, 1.807) is 7.11 Å². The van der Waals surface area contributed by atoms with E-state index in [9.17, 15) is 4.79 Å². The summed E-state index contributed by atoms with van der Waals surface area (Å²) in [6.45, 7) is 4.43. The number of Topliss-reactive ketones (excluding diaryl/α,β-unsaturated/α-hetero) is 1. The first-order valence-corrected chi connectivity index (χ1v) is 8.35. The van der Waals surface area contributed by atoms with Crippen molar-refractivity contribution in [3.05, 3.63) is 54.1 Å². The van der Waals surface area contributed by atoms with E-state index in [1.165, 1.54) is 0 Å². The van der Waals surface area contributed by atoms with Crippen molar-refractivity contribution in [3.8, 4) is 16.9 Å². The molecule has 1 fully saturated rings. The Bertz CT molecular complexity index is 689. The average molecular weight is 324 g/mol. The normalized spacial score (nSPS) is 16.1. The van der Waals surface area contributed by atoms with Gasteiger partial charge in [-0.3, -0.25) is 9.69 Å². The van der Waals surface area contributed by atoms with Gasteiger partial charge in [-0.15, -0.1) is 0 Å². The van der Waals surface area contributed by atoms with E-state index in [1.807, 2.05) is 48.5 Å². The molecule has 2 aromatic carbocycles. The summed E-state index contributed by atoms with van der Waals surface area (Å²) in [7, 11) is 3.78. The van der Waals surface area contributed by atoms with Gasteiger partial charge in [-0.1, -0.05) is 36.4 Å². The standard InChI is InChI=1S/C20H24N2O2/c1-21-11-13-22(14-12-21)15-20(23)19-6-4-3-5-18(19)16-7-9-17(24-2)10-8-16/h3-10H,11-15H2,1-2H3. The Kier molecular flexibility index (Phi) is 5.28. The second-order valence-corrected chi connectivity index (χ2v) is 6.28. The Morgan fingerprint density at radius 3 is 2.33 bits per heavy atom. The topological polar surface area (TPSA) is 32.8 Å². The molecule has 1 heterocycles. The molecule has 4 heteroatoms. The van der Waals surface area contributed by atoms with Crippen molar-refractivity contribution in [1.82, 2.24) is 9.80 Å². The zero-order chi connectivity index (χ0) is 16.9. The minimum atomic E-state index is 0.186. The van der Waals surface area contributed by atoms with Gasteiger partial charge in [0.05, 0.1) is 13.7 Å². The molecule has 1 saturated heterocycles. The van der Waals surface area contributed by atoms with E-state index in [2.05, 4.69) is 16.8 Å². The van der Waals surface area contributed by atoms with Crippen molar-refractivity contribution < 1.29 is 9.53 Å². The summed E-state index contributed by atoms with van der Waals surface area (Å²) in [5.74, 6) is 1.01. The Morgan fingerprint density at radius 2 is 1.67 bits per heavy atom. The SMILES string of the molecule is COc1ccc(-c2ccccc2C(=O)CN2CCN(C)CC2)cc1. The zero-order valence-electron chi connectivity index (χ0n) is 14.4. The highest BCUT2D eigenvalue weighted by Crippen LogP contribution is 2.26. The summed E-state index contributed by atoms with van der Waals surface area (Å²) in [6, 6.07) is 15.7. The minimum absolute atomic E-state index is 0.186. The van der Waals surface area contributed by atoms with Crippen LogP contribution in [0.3, 0.4) is 0 Å². The highest BCUT2D eigenvalue weighted by Gasteiger charge is 2.19. The fourth-order valence-electron chi connectivity index (χ4n) is 3.04. The van der Waals surface area contributed by atoms with Crippen LogP contribution in [0.15, 0.2) is 48.5 Å². The smallest absolute Gasteiger partial charge is 0.177 e. The van der Waals surface area contributed by atoms with Crippen molar-refractivity contribution in [3.63, 3.8) is 0 Å². The molecule has 0 saturated carbocycles. The second kappa shape index (κ2) is 7.60. The highest BCUT2D eigenvalue weighted by molar-refractivity contribution is 6.03. The van der Waals surface area contributed by atoms with Crippen LogP contribution in [0, 0.1) is 0 Å². The van der Waals surface area contributed by atoms with Crippen LogP contribution in [0.2, 0.25) is 0 Å². The summed E-state index contributed by atoms with van der Waals surface area (Å²) >= 11 is 0. The second-order valence-electron chi connectivity index (χ2n) is 6.28. The summed E-state index contributed by atoms with van der Waals surface area (Å²) in [5.41, 5.74) is 2.82. The number of ether oxygens (including phenoxy) is 1. The van der Waals surface area contributed by atoms with Crippen LogP contribution in [0.5, 0.6) is 5.75 Å². The van der Waals surface area contributed by atoms with Crippen LogP contribution < -0.4 is 4.74 Å². The molecule has 126 valence electrons. The van der Waals surface area contributed by atoms with Gasteiger partial charge in [0.2, 0.25) is 0 Å². The van der Waals surface area contributed by atoms with E-state index < -0.39 is 0 Å². The molecule has 0 aromatic heterocycles. The van der Waals surface area contributed by atoms with Gasteiger partial charge in [0.1, 0.15) is 5.75 Å². The molecule has 3 rings (SSSR count). The lowest BCUT2D eigenvalue weighted by Gasteiger charge is -2.31. The first-order chi connectivity index (χ1) is 11.7. The number of piperazine rings is 1. The van der Waals surface area contributed by atoms with Crippen molar-refractivity contribution >= 4 is 5.78 Å². The molecule has 0 bridgehead atoms. The van der Waals surface area contributed by atoms with E-state index >= 15 is 0 Å². The van der Waals surface area contributed by atoms with Gasteiger partial charge in [-0.25, -0.2) is 0 Å². The van der Waals surface area contributed by atoms with Gasteiger partial charge in [0.15, 0.2) is 5.78 Å². The quantitative estimate of drug-likeness (QED) is 0.792. The van der Waals surface area contributed by atoms with Crippen LogP contribution in [0.25, 0.3) is 11.1 Å². The fraction of sp³-hybridized carbons (Fsp3) is 0.350. The lowest BCUT2D eigenvalue weighted by molar-refractivity contribution is 0.0877. The first-order valence-electron chi connectivity index (χ1n) is 8.35. The Labute approximate surface area is 143 Å². The number of methoxy groups -OCH3 is 1. The number of benzene rings is 2. The third-order valence-corrected chi connectivity index (χ3v) is 4.59. The molecule has 24 heavy (non-hydrogen) atoms. The molecule has 1 aliphatic rings. The van der Waals surface area contributed by atoms with Crippen LogP contribution in [-0.4, -0.2) is 62.5 Å². The number of hydrogen-bond donors (Lipinski definition) is 0. The number of carbonyl (C=O) groups excluding carboxylic acids is 1. The van der Waals surface area contributed by atoms with Gasteiger partial charge >= 0.3 is 0 Å². The molecule has 0 N–H and O–H groups in total. The molecule has 0 unspecified atom stereocenters. The van der Waals surface area contributed by atoms with E-state index in [-0.39, 0.29) is 5.78 Å². The summed E-state index contributed by atoms with van der Waals surface area (Å²) < 4.78 is 5.21. The number of rotatable bonds is 5. The van der Waals surface area contributed by atoms with E-state index in [0.29, 0.717) is 6.54 Å². The number of likely N-dealkylation sites (N-methyl/N-ethyl adjacent to an activating group) is 1. The number of nitrogens with zero attached hydrogens (tertiary/aromatic N) is 2. The fourth-order valence-corrected chi connectivity index (χ4v) is 3.04. The maximum Gasteiger partial charge on any atom is 0.177 e. The maximum absolute atomic E-state index is 12.8. The van der Waals surface area contributed by atoms with Crippen LogP contribution in [-0.2, 0) is 0 Å². The maximum atomic E-state index is 12.8. The van der Waals surface area contributed by atoms with Crippen LogP contribution in [0.4, 0.5) is 0 Å². The van der Waals surface area contributed by atoms with Crippen molar-refractivity contribution in [1.29, 1.82) is 0 Å². The van der Waals surface area contributed by atoms with E-state index in [4.69, 9.17) is 4.74 Å². The first kappa shape index (κ1) is 16.7. The third-order valence-electron chi connectivity index (χ3n) is 4.59. The Morgan fingerprint density at radius 1 is 1.00 bits per heavy atom. The predicted molar refractivity (Wildman–Crippen MR) is 96.7 cm³/mol. The van der Waals surface area contributed by atoms with Gasteiger partial charge in [-0.2, -0.15) is 0 Å². The van der Waals surface area contributed by atoms with Gasteiger partial charge < -0.3 is 9.64 Å². The number of hydrogen-bond acceptors (Lipinski definition) is 4. The molecule has 2 aromatic rings. The number of ketones is 1. The molecular formula is C20H24N2O2. The lowest BCUT2D eigenvalue weighted by Crippen LogP contribution is -2.46. The minimum Gasteiger partial charge on any atom is -0.497 e. The summed E-state index contributed by atoms with van der Waals surface area (Å²) in [4.78, 5) is 17.4. The Hall–Kier alpha value is -2.17. The summed E-state index contributed by atoms with van der Waals surface area (Å²) in [5, 5.41) is 0. The molecule has 1 aliphatic heterocycles. The molecule has 0 radical (unpaired) electrons. The summed E-state index contributed by atoms with van der Waals surface area (Å²) in [6.07, 6.45) is 0. The van der Waals surface area contributed by atoms with Gasteiger partial charge in [-0.05, 0) is 30.3 Å². The molecule has 0 amide bonds. The van der Waals surface area contributed by atoms with Crippen LogP contribution in [0.1, 0.15) is 10.4 Å². The molecule has 0 spiro atoms. The van der Waals surface area contributed by atoms with Crippen LogP contribution >= 0.6 is 0 Å². The van der Waals surface area contributed by atoms with Gasteiger partial charge in [0.25, 0.3) is 0 Å².